The van der Waals surface area contributed by atoms with E-state index in [1.807, 2.05) is 0 Å². The van der Waals surface area contributed by atoms with E-state index in [1.165, 1.54) is 11.9 Å². The Kier molecular flexibility index (Phi) is 3.88. The molecule has 0 saturated heterocycles. The highest BCUT2D eigenvalue weighted by Crippen LogP contribution is 2.36. The van der Waals surface area contributed by atoms with Crippen LogP contribution in [0.3, 0.4) is 0 Å². The Morgan fingerprint density at radius 3 is 2.70 bits per heavy atom. The molecule has 0 fully saturated rings. The van der Waals surface area contributed by atoms with Gasteiger partial charge in [0, 0.05) is 19.3 Å². The molecule has 0 spiro atoms. The molecular weight excluding hydrogens is 262 g/mol. The van der Waals surface area contributed by atoms with Crippen LogP contribution in [0.2, 0.25) is 0 Å². The molecule has 1 aromatic rings. The van der Waals surface area contributed by atoms with Gasteiger partial charge in [0.2, 0.25) is 5.91 Å². The Balaban J connectivity index is 2.16. The van der Waals surface area contributed by atoms with Gasteiger partial charge in [-0.05, 0) is 11.6 Å². The molecule has 0 bridgehead atoms. The Labute approximate surface area is 115 Å². The molecule has 0 aromatic heterocycles. The average molecular weight is 277 g/mol. The van der Waals surface area contributed by atoms with E-state index in [0.717, 1.165) is 0 Å². The number of carbonyl (C=O) groups excluding carboxylic acids is 2. The number of carboxylic acid groups (broad SMARTS) is 1. The second kappa shape index (κ2) is 5.60. The minimum Gasteiger partial charge on any atom is -0.481 e. The van der Waals surface area contributed by atoms with E-state index in [9.17, 15) is 19.5 Å². The first-order chi connectivity index (χ1) is 9.54. The van der Waals surface area contributed by atoms with Gasteiger partial charge in [-0.15, -0.1) is 0 Å². The highest BCUT2D eigenvalue weighted by atomic mass is 16.4. The van der Waals surface area contributed by atoms with Crippen molar-refractivity contribution in [2.75, 3.05) is 25.0 Å². The number of hydrogen-bond acceptors (Lipinski definition) is 3. The number of benzene rings is 1. The standard InChI is InChI=1S/C13H15N3O4/c1-14-11(17)6-15-13(20)16-7-9(12(18)19)8-4-2-3-5-10(8)16/h2-5,9H,6-7H2,1H3,(H,14,17)(H,15,20)(H,18,19). The quantitative estimate of drug-likeness (QED) is 0.731. The molecule has 1 heterocycles. The maximum atomic E-state index is 12.0. The fraction of sp³-hybridized carbons (Fsp3) is 0.308. The summed E-state index contributed by atoms with van der Waals surface area (Å²) >= 11 is 0. The molecule has 1 aromatic carbocycles. The van der Waals surface area contributed by atoms with Gasteiger partial charge in [-0.1, -0.05) is 18.2 Å². The molecule has 0 radical (unpaired) electrons. The molecule has 1 unspecified atom stereocenters. The molecule has 0 aliphatic carbocycles. The lowest BCUT2D eigenvalue weighted by molar-refractivity contribution is -0.138. The number of likely N-dealkylation sites (N-methyl/N-ethyl adjacent to an activating group) is 1. The molecular formula is C13H15N3O4. The van der Waals surface area contributed by atoms with Crippen LogP contribution in [0.1, 0.15) is 11.5 Å². The molecule has 1 aliphatic heterocycles. The Bertz CT molecular complexity index is 558. The molecule has 20 heavy (non-hydrogen) atoms. The molecule has 3 N–H and O–H groups in total. The zero-order valence-corrected chi connectivity index (χ0v) is 10.9. The molecule has 7 heteroatoms. The number of para-hydroxylation sites is 1. The fourth-order valence-electron chi connectivity index (χ4n) is 2.15. The van der Waals surface area contributed by atoms with Crippen molar-refractivity contribution >= 4 is 23.6 Å². The van der Waals surface area contributed by atoms with Crippen LogP contribution >= 0.6 is 0 Å². The van der Waals surface area contributed by atoms with Gasteiger partial charge < -0.3 is 15.7 Å². The molecule has 1 atom stereocenters. The van der Waals surface area contributed by atoms with Crippen molar-refractivity contribution in [3.8, 4) is 0 Å². The second-order valence-electron chi connectivity index (χ2n) is 4.39. The Morgan fingerprint density at radius 2 is 2.05 bits per heavy atom. The third kappa shape index (κ3) is 2.56. The largest absolute Gasteiger partial charge is 0.481 e. The number of carboxylic acids is 1. The number of carbonyl (C=O) groups is 3. The monoisotopic (exact) mass is 277 g/mol. The summed E-state index contributed by atoms with van der Waals surface area (Å²) < 4.78 is 0. The van der Waals surface area contributed by atoms with E-state index < -0.39 is 17.9 Å². The summed E-state index contributed by atoms with van der Waals surface area (Å²) in [6.07, 6.45) is 0. The number of urea groups is 1. The highest BCUT2D eigenvalue weighted by Gasteiger charge is 2.36. The number of aliphatic carboxylic acids is 1. The van der Waals surface area contributed by atoms with Gasteiger partial charge in [0.1, 0.15) is 5.92 Å². The van der Waals surface area contributed by atoms with Crippen molar-refractivity contribution in [3.05, 3.63) is 29.8 Å². The molecule has 3 amide bonds. The summed E-state index contributed by atoms with van der Waals surface area (Å²) in [5.74, 6) is -2.03. The summed E-state index contributed by atoms with van der Waals surface area (Å²) in [6, 6.07) is 6.38. The maximum absolute atomic E-state index is 12.0. The van der Waals surface area contributed by atoms with Crippen molar-refractivity contribution in [1.82, 2.24) is 10.6 Å². The van der Waals surface area contributed by atoms with Gasteiger partial charge in [0.05, 0.1) is 6.54 Å². The topological polar surface area (TPSA) is 98.7 Å². The van der Waals surface area contributed by atoms with Crippen molar-refractivity contribution < 1.29 is 19.5 Å². The lowest BCUT2D eigenvalue weighted by atomic mass is 10.0. The van der Waals surface area contributed by atoms with Crippen LogP contribution < -0.4 is 15.5 Å². The number of nitrogens with zero attached hydrogens (tertiary/aromatic N) is 1. The number of amides is 3. The van der Waals surface area contributed by atoms with Crippen LogP contribution in [0.5, 0.6) is 0 Å². The first kappa shape index (κ1) is 13.9. The van der Waals surface area contributed by atoms with E-state index in [0.29, 0.717) is 11.3 Å². The lowest BCUT2D eigenvalue weighted by Gasteiger charge is -2.17. The minimum atomic E-state index is -0.973. The summed E-state index contributed by atoms with van der Waals surface area (Å²) in [6.45, 7) is -0.0833. The van der Waals surface area contributed by atoms with Crippen molar-refractivity contribution in [1.29, 1.82) is 0 Å². The number of rotatable bonds is 3. The Hall–Kier alpha value is -2.57. The highest BCUT2D eigenvalue weighted by molar-refractivity contribution is 5.99. The SMILES string of the molecule is CNC(=O)CNC(=O)N1CC(C(=O)O)c2ccccc21. The Morgan fingerprint density at radius 1 is 1.35 bits per heavy atom. The molecule has 7 nitrogen and oxygen atoms in total. The molecule has 2 rings (SSSR count). The summed E-state index contributed by atoms with van der Waals surface area (Å²) in [7, 11) is 1.47. The third-order valence-electron chi connectivity index (χ3n) is 3.19. The number of hydrogen-bond donors (Lipinski definition) is 3. The van der Waals surface area contributed by atoms with Gasteiger partial charge in [0.15, 0.2) is 0 Å². The summed E-state index contributed by atoms with van der Waals surface area (Å²) in [5, 5.41) is 14.0. The van der Waals surface area contributed by atoms with Gasteiger partial charge in [-0.3, -0.25) is 14.5 Å². The minimum absolute atomic E-state index is 0.0637. The van der Waals surface area contributed by atoms with Gasteiger partial charge in [-0.25, -0.2) is 4.79 Å². The average Bonchev–Trinajstić information content (AvgIpc) is 2.84. The first-order valence-corrected chi connectivity index (χ1v) is 6.12. The van der Waals surface area contributed by atoms with E-state index >= 15 is 0 Å². The molecule has 1 aliphatic rings. The second-order valence-corrected chi connectivity index (χ2v) is 4.39. The van der Waals surface area contributed by atoms with Crippen LogP contribution in [-0.2, 0) is 9.59 Å². The van der Waals surface area contributed by atoms with E-state index in [2.05, 4.69) is 10.6 Å². The van der Waals surface area contributed by atoms with Crippen molar-refractivity contribution in [2.45, 2.75) is 5.92 Å². The summed E-state index contributed by atoms with van der Waals surface area (Å²) in [5.41, 5.74) is 1.17. The zero-order chi connectivity index (χ0) is 14.7. The smallest absolute Gasteiger partial charge is 0.322 e. The zero-order valence-electron chi connectivity index (χ0n) is 10.9. The predicted octanol–water partition coefficient (Wildman–Crippen LogP) is 0.130. The fourth-order valence-corrected chi connectivity index (χ4v) is 2.15. The van der Waals surface area contributed by atoms with Crippen molar-refractivity contribution in [2.24, 2.45) is 0 Å². The lowest BCUT2D eigenvalue weighted by Crippen LogP contribution is -2.43. The summed E-state index contributed by atoms with van der Waals surface area (Å²) in [4.78, 5) is 35.7. The molecule has 106 valence electrons. The third-order valence-corrected chi connectivity index (χ3v) is 3.19. The number of anilines is 1. The van der Waals surface area contributed by atoms with Gasteiger partial charge in [0.25, 0.3) is 0 Å². The van der Waals surface area contributed by atoms with E-state index in [1.54, 1.807) is 24.3 Å². The number of nitrogens with one attached hydrogen (secondary N) is 2. The van der Waals surface area contributed by atoms with Crippen LogP contribution in [0.25, 0.3) is 0 Å². The van der Waals surface area contributed by atoms with Crippen LogP contribution in [-0.4, -0.2) is 43.2 Å². The maximum Gasteiger partial charge on any atom is 0.322 e. The van der Waals surface area contributed by atoms with E-state index in [4.69, 9.17) is 0 Å². The van der Waals surface area contributed by atoms with E-state index in [-0.39, 0.29) is 19.0 Å². The van der Waals surface area contributed by atoms with Crippen LogP contribution in [0.15, 0.2) is 24.3 Å². The normalized spacial score (nSPS) is 16.4. The van der Waals surface area contributed by atoms with Crippen molar-refractivity contribution in [3.63, 3.8) is 0 Å². The first-order valence-electron chi connectivity index (χ1n) is 6.12. The van der Waals surface area contributed by atoms with Crippen LogP contribution in [0, 0.1) is 0 Å². The number of fused-ring (bicyclic) bond motifs is 1. The molecule has 0 saturated carbocycles. The predicted molar refractivity (Wildman–Crippen MR) is 71.6 cm³/mol. The van der Waals surface area contributed by atoms with Crippen LogP contribution in [0.4, 0.5) is 10.5 Å². The van der Waals surface area contributed by atoms with Gasteiger partial charge in [-0.2, -0.15) is 0 Å². The van der Waals surface area contributed by atoms with Gasteiger partial charge >= 0.3 is 12.0 Å².